The van der Waals surface area contributed by atoms with Crippen molar-refractivity contribution in [2.45, 2.75) is 6.92 Å². The molecule has 0 saturated heterocycles. The fraction of sp³-hybridized carbons (Fsp3) is 0.0769. The average Bonchev–Trinajstić information content (AvgIpc) is 2.78. The summed E-state index contributed by atoms with van der Waals surface area (Å²) < 4.78 is 5.84. The highest BCUT2D eigenvalue weighted by Gasteiger charge is 2.11. The van der Waals surface area contributed by atoms with Crippen LogP contribution >= 0.6 is 12.2 Å². The number of fused-ring (bicyclic) bond motifs is 1. The van der Waals surface area contributed by atoms with Crippen molar-refractivity contribution in [3.8, 4) is 5.75 Å². The first-order chi connectivity index (χ1) is 15.0. The number of carbonyl (C=O) groups excluding carboxylic acids is 1. The Morgan fingerprint density at radius 2 is 1.61 bits per heavy atom. The van der Waals surface area contributed by atoms with E-state index in [-0.39, 0.29) is 5.91 Å². The minimum Gasteiger partial charge on any atom is -0.432 e. The lowest BCUT2D eigenvalue weighted by Gasteiger charge is -2.20. The number of amides is 1. The second kappa shape index (κ2) is 8.98. The number of ether oxygens (including phenoxy) is 1. The van der Waals surface area contributed by atoms with E-state index in [0.717, 1.165) is 22.3 Å². The first kappa shape index (κ1) is 20.6. The van der Waals surface area contributed by atoms with Crippen molar-refractivity contribution < 1.29 is 9.53 Å². The Morgan fingerprint density at radius 3 is 2.35 bits per heavy atom. The summed E-state index contributed by atoms with van der Waals surface area (Å²) in [5.41, 5.74) is 3.34. The van der Waals surface area contributed by atoms with Gasteiger partial charge < -0.3 is 15.0 Å². The van der Waals surface area contributed by atoms with E-state index in [1.165, 1.54) is 5.39 Å². The molecule has 4 aromatic carbocycles. The number of carbonyl (C=O) groups is 1. The number of rotatable bonds is 4. The van der Waals surface area contributed by atoms with Crippen molar-refractivity contribution in [2.24, 2.45) is 0 Å². The summed E-state index contributed by atoms with van der Waals surface area (Å²) in [7, 11) is 1.87. The maximum absolute atomic E-state index is 12.5. The Balaban J connectivity index is 1.41. The molecule has 0 saturated carbocycles. The van der Waals surface area contributed by atoms with Crippen molar-refractivity contribution in [3.63, 3.8) is 0 Å². The zero-order chi connectivity index (χ0) is 21.8. The molecule has 0 aliphatic rings. The number of thiocarbonyl (C=S) groups is 1. The SMILES string of the molecule is Cc1cccc(NC(=O)c2ccc(OC(=S)N(C)c3ccc4ccccc4c3)cc2)c1. The Labute approximate surface area is 187 Å². The number of benzene rings is 4. The molecule has 0 spiro atoms. The minimum atomic E-state index is -0.173. The van der Waals surface area contributed by atoms with Gasteiger partial charge in [-0.2, -0.15) is 0 Å². The highest BCUT2D eigenvalue weighted by Crippen LogP contribution is 2.23. The van der Waals surface area contributed by atoms with Gasteiger partial charge in [-0.3, -0.25) is 4.79 Å². The summed E-state index contributed by atoms with van der Waals surface area (Å²) in [4.78, 5) is 14.3. The van der Waals surface area contributed by atoms with E-state index in [4.69, 9.17) is 17.0 Å². The van der Waals surface area contributed by atoms with Gasteiger partial charge in [0.1, 0.15) is 5.75 Å². The molecule has 4 rings (SSSR count). The summed E-state index contributed by atoms with van der Waals surface area (Å²) in [5.74, 6) is 0.401. The molecule has 4 nitrogen and oxygen atoms in total. The summed E-state index contributed by atoms with van der Waals surface area (Å²) in [6.07, 6.45) is 0. The monoisotopic (exact) mass is 426 g/mol. The van der Waals surface area contributed by atoms with Crippen LogP contribution in [0.25, 0.3) is 10.8 Å². The van der Waals surface area contributed by atoms with E-state index in [1.54, 1.807) is 24.3 Å². The van der Waals surface area contributed by atoms with Crippen LogP contribution in [0.2, 0.25) is 0 Å². The van der Waals surface area contributed by atoms with Crippen LogP contribution < -0.4 is 15.0 Å². The van der Waals surface area contributed by atoms with Gasteiger partial charge in [0.05, 0.1) is 0 Å². The number of hydrogen-bond acceptors (Lipinski definition) is 3. The molecule has 0 aromatic heterocycles. The van der Waals surface area contributed by atoms with E-state index in [9.17, 15) is 4.79 Å². The predicted octanol–water partition coefficient (Wildman–Crippen LogP) is 6.20. The van der Waals surface area contributed by atoms with Gasteiger partial charge in [0.2, 0.25) is 0 Å². The van der Waals surface area contributed by atoms with Crippen LogP contribution in [-0.4, -0.2) is 18.1 Å². The van der Waals surface area contributed by atoms with Gasteiger partial charge in [-0.05, 0) is 84.0 Å². The molecular weight excluding hydrogens is 404 g/mol. The quantitative estimate of drug-likeness (QED) is 0.395. The maximum Gasteiger partial charge on any atom is 0.269 e. The highest BCUT2D eigenvalue weighted by atomic mass is 32.1. The molecule has 0 atom stereocenters. The molecule has 5 heteroatoms. The highest BCUT2D eigenvalue weighted by molar-refractivity contribution is 7.80. The number of anilines is 2. The fourth-order valence-corrected chi connectivity index (χ4v) is 3.46. The topological polar surface area (TPSA) is 41.6 Å². The summed E-state index contributed by atoms with van der Waals surface area (Å²) in [6.45, 7) is 1.99. The molecular formula is C26H22N2O2S. The Kier molecular flexibility index (Phi) is 5.96. The van der Waals surface area contributed by atoms with Gasteiger partial charge in [-0.15, -0.1) is 0 Å². The second-order valence-electron chi connectivity index (χ2n) is 7.31. The van der Waals surface area contributed by atoms with Gasteiger partial charge in [0.15, 0.2) is 0 Å². The summed E-state index contributed by atoms with van der Waals surface area (Å²) in [5, 5.41) is 5.54. The largest absolute Gasteiger partial charge is 0.432 e. The Morgan fingerprint density at radius 1 is 0.871 bits per heavy atom. The van der Waals surface area contributed by atoms with Gasteiger partial charge >= 0.3 is 0 Å². The molecule has 0 aliphatic carbocycles. The summed E-state index contributed by atoms with van der Waals surface area (Å²) in [6, 6.07) is 28.9. The molecule has 154 valence electrons. The van der Waals surface area contributed by atoms with Gasteiger partial charge in [-0.1, -0.05) is 42.5 Å². The van der Waals surface area contributed by atoms with Crippen LogP contribution in [0, 0.1) is 6.92 Å². The molecule has 0 fully saturated rings. The van der Waals surface area contributed by atoms with E-state index in [1.807, 2.05) is 61.3 Å². The fourth-order valence-electron chi connectivity index (χ4n) is 3.26. The third kappa shape index (κ3) is 4.90. The van der Waals surface area contributed by atoms with Gasteiger partial charge in [0, 0.05) is 24.0 Å². The van der Waals surface area contributed by atoms with Crippen molar-refractivity contribution >= 4 is 45.4 Å². The van der Waals surface area contributed by atoms with Crippen LogP contribution in [0.15, 0.2) is 91.0 Å². The molecule has 0 aliphatic heterocycles. The third-order valence-corrected chi connectivity index (χ3v) is 5.35. The molecule has 0 heterocycles. The molecule has 1 N–H and O–H groups in total. The molecule has 0 bridgehead atoms. The van der Waals surface area contributed by atoms with Crippen LogP contribution in [-0.2, 0) is 0 Å². The average molecular weight is 427 g/mol. The van der Waals surface area contributed by atoms with Crippen molar-refractivity contribution in [2.75, 3.05) is 17.3 Å². The van der Waals surface area contributed by atoms with Crippen LogP contribution in [0.5, 0.6) is 5.75 Å². The molecule has 31 heavy (non-hydrogen) atoms. The number of aryl methyl sites for hydroxylation is 1. The number of nitrogens with one attached hydrogen (secondary N) is 1. The van der Waals surface area contributed by atoms with Gasteiger partial charge in [-0.25, -0.2) is 0 Å². The van der Waals surface area contributed by atoms with Crippen LogP contribution in [0.4, 0.5) is 11.4 Å². The lowest BCUT2D eigenvalue weighted by molar-refractivity contribution is 0.102. The number of hydrogen-bond donors (Lipinski definition) is 1. The second-order valence-corrected chi connectivity index (χ2v) is 7.66. The zero-order valence-electron chi connectivity index (χ0n) is 17.3. The predicted molar refractivity (Wildman–Crippen MR) is 131 cm³/mol. The zero-order valence-corrected chi connectivity index (χ0v) is 18.1. The van der Waals surface area contributed by atoms with Crippen molar-refractivity contribution in [3.05, 3.63) is 102 Å². The first-order valence-corrected chi connectivity index (χ1v) is 10.3. The van der Waals surface area contributed by atoms with Gasteiger partial charge in [0.25, 0.3) is 11.1 Å². The van der Waals surface area contributed by atoms with E-state index >= 15 is 0 Å². The molecule has 1 amide bonds. The van der Waals surface area contributed by atoms with E-state index in [0.29, 0.717) is 16.5 Å². The third-order valence-electron chi connectivity index (χ3n) is 4.99. The number of nitrogens with zero attached hydrogens (tertiary/aromatic N) is 1. The molecule has 0 unspecified atom stereocenters. The lowest BCUT2D eigenvalue weighted by atomic mass is 10.1. The normalized spacial score (nSPS) is 10.5. The molecule has 0 radical (unpaired) electrons. The van der Waals surface area contributed by atoms with Crippen molar-refractivity contribution in [1.29, 1.82) is 0 Å². The summed E-state index contributed by atoms with van der Waals surface area (Å²) >= 11 is 5.47. The van der Waals surface area contributed by atoms with E-state index < -0.39 is 0 Å². The Hall–Kier alpha value is -3.70. The van der Waals surface area contributed by atoms with E-state index in [2.05, 4.69) is 29.6 Å². The first-order valence-electron chi connectivity index (χ1n) is 9.92. The van der Waals surface area contributed by atoms with Crippen LogP contribution in [0.1, 0.15) is 15.9 Å². The maximum atomic E-state index is 12.5. The Bertz CT molecular complexity index is 1250. The van der Waals surface area contributed by atoms with Crippen molar-refractivity contribution in [1.82, 2.24) is 0 Å². The smallest absolute Gasteiger partial charge is 0.269 e. The lowest BCUT2D eigenvalue weighted by Crippen LogP contribution is -2.29. The minimum absolute atomic E-state index is 0.173. The standard InChI is InChI=1S/C26H22N2O2S/c1-18-6-5-9-22(16-18)27-25(29)20-11-14-24(15-12-20)30-26(31)28(2)23-13-10-19-7-3-4-8-21(19)17-23/h3-17H,1-2H3,(H,27,29). The molecule has 4 aromatic rings. The van der Waals surface area contributed by atoms with Crippen LogP contribution in [0.3, 0.4) is 0 Å².